The number of benzene rings is 2. The van der Waals surface area contributed by atoms with E-state index >= 15 is 0 Å². The van der Waals surface area contributed by atoms with Gasteiger partial charge >= 0.3 is 0 Å². The normalized spacial score (nSPS) is 11.6. The van der Waals surface area contributed by atoms with Crippen molar-refractivity contribution < 1.29 is 9.59 Å². The lowest BCUT2D eigenvalue weighted by molar-refractivity contribution is -0.121. The molecule has 25 heavy (non-hydrogen) atoms. The van der Waals surface area contributed by atoms with Crippen molar-refractivity contribution in [3.8, 4) is 0 Å². The second kappa shape index (κ2) is 8.78. The summed E-state index contributed by atoms with van der Waals surface area (Å²) in [5.74, 6) is -0.602. The molecule has 0 fully saturated rings. The minimum Gasteiger partial charge on any atom is -0.348 e. The standard InChI is InChI=1S/C22H23NO2/c1-16-11-12-20(17(2)14-16)15-21(18(3)24)22(25)23-13-7-10-19-8-5-4-6-9-19/h4-12,14-15H,13H2,1-3H3,(H,23,25)/b10-7+,21-15-. The predicted octanol–water partition coefficient (Wildman–Crippen LogP) is 4.11. The van der Waals surface area contributed by atoms with E-state index in [4.69, 9.17) is 0 Å². The second-order valence-corrected chi connectivity index (χ2v) is 6.00. The molecule has 0 spiro atoms. The molecule has 1 amide bonds. The topological polar surface area (TPSA) is 46.2 Å². The van der Waals surface area contributed by atoms with Crippen LogP contribution in [0.4, 0.5) is 0 Å². The summed E-state index contributed by atoms with van der Waals surface area (Å²) in [4.78, 5) is 24.2. The molecule has 128 valence electrons. The second-order valence-electron chi connectivity index (χ2n) is 6.00. The van der Waals surface area contributed by atoms with Gasteiger partial charge in [0.1, 0.15) is 0 Å². The first kappa shape index (κ1) is 18.4. The summed E-state index contributed by atoms with van der Waals surface area (Å²) in [5, 5.41) is 2.77. The molecule has 3 nitrogen and oxygen atoms in total. The monoisotopic (exact) mass is 333 g/mol. The lowest BCUT2D eigenvalue weighted by Gasteiger charge is -2.07. The average Bonchev–Trinajstić information content (AvgIpc) is 2.58. The molecule has 0 atom stereocenters. The fourth-order valence-electron chi connectivity index (χ4n) is 2.48. The Labute approximate surface area is 149 Å². The molecular formula is C22H23NO2. The average molecular weight is 333 g/mol. The number of amides is 1. The van der Waals surface area contributed by atoms with Crippen molar-refractivity contribution in [3.63, 3.8) is 0 Å². The van der Waals surface area contributed by atoms with E-state index in [1.807, 2.05) is 74.5 Å². The van der Waals surface area contributed by atoms with Gasteiger partial charge in [-0.25, -0.2) is 0 Å². The lowest BCUT2D eigenvalue weighted by Crippen LogP contribution is -2.27. The highest BCUT2D eigenvalue weighted by atomic mass is 16.2. The van der Waals surface area contributed by atoms with Crippen LogP contribution in [0, 0.1) is 13.8 Å². The van der Waals surface area contributed by atoms with Gasteiger partial charge < -0.3 is 5.32 Å². The molecule has 0 aliphatic heterocycles. The first-order valence-corrected chi connectivity index (χ1v) is 8.27. The summed E-state index contributed by atoms with van der Waals surface area (Å²) in [6, 6.07) is 15.8. The van der Waals surface area contributed by atoms with Gasteiger partial charge in [-0.2, -0.15) is 0 Å². The minimum atomic E-state index is -0.356. The largest absolute Gasteiger partial charge is 0.348 e. The predicted molar refractivity (Wildman–Crippen MR) is 103 cm³/mol. The SMILES string of the molecule is CC(=O)/C(=C/c1ccc(C)cc1C)C(=O)NC/C=C/c1ccccc1. The molecule has 0 saturated heterocycles. The molecule has 0 aliphatic rings. The Balaban J connectivity index is 2.06. The maximum Gasteiger partial charge on any atom is 0.255 e. The zero-order valence-corrected chi connectivity index (χ0v) is 14.9. The zero-order valence-electron chi connectivity index (χ0n) is 14.9. The summed E-state index contributed by atoms with van der Waals surface area (Å²) >= 11 is 0. The molecular weight excluding hydrogens is 310 g/mol. The number of carbonyl (C=O) groups excluding carboxylic acids is 2. The van der Waals surface area contributed by atoms with Gasteiger partial charge in [0.25, 0.3) is 5.91 Å². The molecule has 2 rings (SSSR count). The van der Waals surface area contributed by atoms with Gasteiger partial charge in [0, 0.05) is 6.54 Å². The first-order chi connectivity index (χ1) is 12.0. The number of Topliss-reactive ketones (excluding diaryl/α,β-unsaturated/α-hetero) is 1. The van der Waals surface area contributed by atoms with Crippen LogP contribution in [0.1, 0.15) is 29.2 Å². The third kappa shape index (κ3) is 5.57. The molecule has 3 heteroatoms. The van der Waals surface area contributed by atoms with Crippen LogP contribution >= 0.6 is 0 Å². The van der Waals surface area contributed by atoms with Gasteiger partial charge in [-0.05, 0) is 43.5 Å². The van der Waals surface area contributed by atoms with Gasteiger partial charge in [0.2, 0.25) is 0 Å². The fourth-order valence-corrected chi connectivity index (χ4v) is 2.48. The van der Waals surface area contributed by atoms with Crippen molar-refractivity contribution in [1.29, 1.82) is 0 Å². The number of nitrogens with one attached hydrogen (secondary N) is 1. The summed E-state index contributed by atoms with van der Waals surface area (Å²) in [6.45, 7) is 5.76. The van der Waals surface area contributed by atoms with Gasteiger partial charge in [-0.1, -0.05) is 66.2 Å². The Kier molecular flexibility index (Phi) is 6.47. The zero-order chi connectivity index (χ0) is 18.2. The highest BCUT2D eigenvalue weighted by Gasteiger charge is 2.14. The molecule has 1 N–H and O–H groups in total. The van der Waals surface area contributed by atoms with Crippen molar-refractivity contribution in [1.82, 2.24) is 5.32 Å². The van der Waals surface area contributed by atoms with Crippen molar-refractivity contribution in [3.05, 3.63) is 82.4 Å². The van der Waals surface area contributed by atoms with Gasteiger partial charge in [0.15, 0.2) is 5.78 Å². The maximum absolute atomic E-state index is 12.3. The number of carbonyl (C=O) groups is 2. The molecule has 0 aliphatic carbocycles. The molecule has 0 radical (unpaired) electrons. The number of aryl methyl sites for hydroxylation is 2. The van der Waals surface area contributed by atoms with Crippen LogP contribution < -0.4 is 5.32 Å². The smallest absolute Gasteiger partial charge is 0.255 e. The molecule has 0 saturated carbocycles. The third-order valence-electron chi connectivity index (χ3n) is 3.84. The van der Waals surface area contributed by atoms with E-state index in [1.165, 1.54) is 6.92 Å². The Bertz CT molecular complexity index is 817. The Hall–Kier alpha value is -2.94. The van der Waals surface area contributed by atoms with Crippen LogP contribution in [0.25, 0.3) is 12.2 Å². The number of hydrogen-bond acceptors (Lipinski definition) is 2. The first-order valence-electron chi connectivity index (χ1n) is 8.27. The summed E-state index contributed by atoms with van der Waals surface area (Å²) in [6.07, 6.45) is 5.46. The highest BCUT2D eigenvalue weighted by molar-refractivity contribution is 6.21. The molecule has 0 bridgehead atoms. The van der Waals surface area contributed by atoms with E-state index in [9.17, 15) is 9.59 Å². The quantitative estimate of drug-likeness (QED) is 0.491. The van der Waals surface area contributed by atoms with E-state index in [0.717, 1.165) is 22.3 Å². The van der Waals surface area contributed by atoms with E-state index in [2.05, 4.69) is 5.32 Å². The van der Waals surface area contributed by atoms with Crippen molar-refractivity contribution >= 4 is 23.8 Å². The molecule has 0 unspecified atom stereocenters. The fraction of sp³-hybridized carbons (Fsp3) is 0.182. The highest BCUT2D eigenvalue weighted by Crippen LogP contribution is 2.15. The number of hydrogen-bond donors (Lipinski definition) is 1. The number of rotatable bonds is 6. The van der Waals surface area contributed by atoms with Crippen LogP contribution in [0.15, 0.2) is 60.2 Å². The summed E-state index contributed by atoms with van der Waals surface area (Å²) in [5.41, 5.74) is 4.30. The van der Waals surface area contributed by atoms with Crippen molar-refractivity contribution in [2.24, 2.45) is 0 Å². The van der Waals surface area contributed by atoms with Gasteiger partial charge in [-0.3, -0.25) is 9.59 Å². The minimum absolute atomic E-state index is 0.167. The van der Waals surface area contributed by atoms with Crippen LogP contribution in [-0.2, 0) is 9.59 Å². The summed E-state index contributed by atoms with van der Waals surface area (Å²) < 4.78 is 0. The van der Waals surface area contributed by atoms with Crippen LogP contribution in [0.3, 0.4) is 0 Å². The maximum atomic E-state index is 12.3. The third-order valence-corrected chi connectivity index (χ3v) is 3.84. The van der Waals surface area contributed by atoms with E-state index in [-0.39, 0.29) is 17.3 Å². The molecule has 0 aromatic heterocycles. The van der Waals surface area contributed by atoms with Gasteiger partial charge in [-0.15, -0.1) is 0 Å². The van der Waals surface area contributed by atoms with E-state index in [0.29, 0.717) is 6.54 Å². The Morgan fingerprint density at radius 1 is 1.04 bits per heavy atom. The van der Waals surface area contributed by atoms with Crippen molar-refractivity contribution in [2.45, 2.75) is 20.8 Å². The van der Waals surface area contributed by atoms with E-state index < -0.39 is 0 Å². The Morgan fingerprint density at radius 3 is 2.40 bits per heavy atom. The summed E-state index contributed by atoms with van der Waals surface area (Å²) in [7, 11) is 0. The van der Waals surface area contributed by atoms with Crippen LogP contribution in [0.2, 0.25) is 0 Å². The van der Waals surface area contributed by atoms with Crippen molar-refractivity contribution in [2.75, 3.05) is 6.54 Å². The molecule has 2 aromatic rings. The van der Waals surface area contributed by atoms with Crippen LogP contribution in [0.5, 0.6) is 0 Å². The van der Waals surface area contributed by atoms with Crippen LogP contribution in [-0.4, -0.2) is 18.2 Å². The lowest BCUT2D eigenvalue weighted by atomic mass is 10.0. The van der Waals surface area contributed by atoms with Gasteiger partial charge in [0.05, 0.1) is 5.57 Å². The molecule has 0 heterocycles. The van der Waals surface area contributed by atoms with E-state index in [1.54, 1.807) is 6.08 Å². The molecule has 2 aromatic carbocycles. The number of ketones is 1. The Morgan fingerprint density at radius 2 is 1.76 bits per heavy atom.